The molecule has 2 heteroatoms. The van der Waals surface area contributed by atoms with Crippen molar-refractivity contribution in [2.75, 3.05) is 20.3 Å². The van der Waals surface area contributed by atoms with E-state index in [1.54, 1.807) is 7.11 Å². The van der Waals surface area contributed by atoms with Crippen molar-refractivity contribution in [1.82, 2.24) is 5.32 Å². The van der Waals surface area contributed by atoms with Crippen LogP contribution in [0.1, 0.15) is 18.4 Å². The quantitative estimate of drug-likeness (QED) is 0.759. The predicted molar refractivity (Wildman–Crippen MR) is 66.5 cm³/mol. The summed E-state index contributed by atoms with van der Waals surface area (Å²) in [5.74, 6) is 0.591. The monoisotopic (exact) mass is 219 g/mol. The molecule has 0 radical (unpaired) electrons. The van der Waals surface area contributed by atoms with Gasteiger partial charge in [0.25, 0.3) is 0 Å². The molecule has 0 aromatic heterocycles. The van der Waals surface area contributed by atoms with E-state index in [0.29, 0.717) is 5.92 Å². The van der Waals surface area contributed by atoms with E-state index in [2.05, 4.69) is 35.6 Å². The Morgan fingerprint density at radius 2 is 2.06 bits per heavy atom. The summed E-state index contributed by atoms with van der Waals surface area (Å²) in [6, 6.07) is 11.5. The molecule has 0 spiro atoms. The molecule has 1 fully saturated rings. The van der Waals surface area contributed by atoms with Gasteiger partial charge in [-0.2, -0.15) is 0 Å². The standard InChI is InChI=1S/C14H21NO/c1-16-11-13(10-15-14-7-8-14)9-12-5-3-2-4-6-12/h2-6,13-15H,7-11H2,1H3. The van der Waals surface area contributed by atoms with Crippen LogP contribution < -0.4 is 5.32 Å². The SMILES string of the molecule is COCC(CNC1CC1)Cc1ccccc1. The van der Waals surface area contributed by atoms with Crippen molar-refractivity contribution in [1.29, 1.82) is 0 Å². The van der Waals surface area contributed by atoms with Gasteiger partial charge in [0.15, 0.2) is 0 Å². The normalized spacial score (nSPS) is 17.3. The van der Waals surface area contributed by atoms with Crippen molar-refractivity contribution < 1.29 is 4.74 Å². The third-order valence-electron chi connectivity index (χ3n) is 3.04. The summed E-state index contributed by atoms with van der Waals surface area (Å²) < 4.78 is 5.29. The predicted octanol–water partition coefficient (Wildman–Crippen LogP) is 2.24. The van der Waals surface area contributed by atoms with Gasteiger partial charge in [0.05, 0.1) is 6.61 Å². The van der Waals surface area contributed by atoms with Crippen LogP contribution in [0.15, 0.2) is 30.3 Å². The Labute approximate surface area is 98.0 Å². The van der Waals surface area contributed by atoms with Crippen molar-refractivity contribution in [3.63, 3.8) is 0 Å². The molecule has 1 atom stereocenters. The lowest BCUT2D eigenvalue weighted by Crippen LogP contribution is -2.28. The molecule has 1 unspecified atom stereocenters. The Morgan fingerprint density at radius 3 is 2.69 bits per heavy atom. The topological polar surface area (TPSA) is 21.3 Å². The molecule has 1 aromatic carbocycles. The average molecular weight is 219 g/mol. The minimum absolute atomic E-state index is 0.591. The highest BCUT2D eigenvalue weighted by Crippen LogP contribution is 2.19. The zero-order valence-corrected chi connectivity index (χ0v) is 9.99. The maximum atomic E-state index is 5.29. The van der Waals surface area contributed by atoms with Gasteiger partial charge < -0.3 is 10.1 Å². The summed E-state index contributed by atoms with van der Waals surface area (Å²) in [4.78, 5) is 0. The van der Waals surface area contributed by atoms with Gasteiger partial charge in [0.1, 0.15) is 0 Å². The van der Waals surface area contributed by atoms with E-state index in [-0.39, 0.29) is 0 Å². The van der Waals surface area contributed by atoms with Gasteiger partial charge in [-0.05, 0) is 30.7 Å². The lowest BCUT2D eigenvalue weighted by atomic mass is 10.00. The molecule has 2 rings (SSSR count). The number of hydrogen-bond acceptors (Lipinski definition) is 2. The summed E-state index contributed by atoms with van der Waals surface area (Å²) >= 11 is 0. The van der Waals surface area contributed by atoms with E-state index in [0.717, 1.165) is 25.6 Å². The number of hydrogen-bond donors (Lipinski definition) is 1. The Morgan fingerprint density at radius 1 is 1.31 bits per heavy atom. The molecule has 0 amide bonds. The summed E-state index contributed by atoms with van der Waals surface area (Å²) in [5.41, 5.74) is 1.40. The molecule has 0 saturated heterocycles. The lowest BCUT2D eigenvalue weighted by Gasteiger charge is -2.16. The smallest absolute Gasteiger partial charge is 0.0505 e. The van der Waals surface area contributed by atoms with Gasteiger partial charge >= 0.3 is 0 Å². The molecular formula is C14H21NO. The zero-order valence-electron chi connectivity index (χ0n) is 9.99. The lowest BCUT2D eigenvalue weighted by molar-refractivity contribution is 0.150. The van der Waals surface area contributed by atoms with Crippen molar-refractivity contribution in [3.05, 3.63) is 35.9 Å². The van der Waals surface area contributed by atoms with Crippen molar-refractivity contribution >= 4 is 0 Å². The molecular weight excluding hydrogens is 198 g/mol. The molecule has 1 aliphatic rings. The molecule has 1 aliphatic carbocycles. The van der Waals surface area contributed by atoms with Gasteiger partial charge in [-0.1, -0.05) is 30.3 Å². The highest BCUT2D eigenvalue weighted by atomic mass is 16.5. The number of methoxy groups -OCH3 is 1. The average Bonchev–Trinajstić information content (AvgIpc) is 3.11. The van der Waals surface area contributed by atoms with Gasteiger partial charge in [-0.3, -0.25) is 0 Å². The molecule has 1 N–H and O–H groups in total. The first kappa shape index (κ1) is 11.6. The second-order valence-corrected chi connectivity index (χ2v) is 4.69. The maximum Gasteiger partial charge on any atom is 0.0505 e. The first-order chi connectivity index (χ1) is 7.88. The summed E-state index contributed by atoms with van der Waals surface area (Å²) in [6.45, 7) is 1.92. The Hall–Kier alpha value is -0.860. The molecule has 1 saturated carbocycles. The minimum atomic E-state index is 0.591. The van der Waals surface area contributed by atoms with Crippen LogP contribution in [0.5, 0.6) is 0 Å². The fourth-order valence-corrected chi connectivity index (χ4v) is 1.99. The fraction of sp³-hybridized carbons (Fsp3) is 0.571. The number of nitrogens with one attached hydrogen (secondary N) is 1. The highest BCUT2D eigenvalue weighted by molar-refractivity contribution is 5.15. The van der Waals surface area contributed by atoms with Crippen LogP contribution in [-0.2, 0) is 11.2 Å². The minimum Gasteiger partial charge on any atom is -0.384 e. The van der Waals surface area contributed by atoms with Gasteiger partial charge in [-0.25, -0.2) is 0 Å². The first-order valence-electron chi connectivity index (χ1n) is 6.14. The number of rotatable bonds is 7. The molecule has 0 aliphatic heterocycles. The van der Waals surface area contributed by atoms with Crippen LogP contribution in [0.2, 0.25) is 0 Å². The zero-order chi connectivity index (χ0) is 11.2. The summed E-state index contributed by atoms with van der Waals surface area (Å²) in [7, 11) is 1.79. The van der Waals surface area contributed by atoms with E-state index in [1.807, 2.05) is 0 Å². The molecule has 0 heterocycles. The molecule has 16 heavy (non-hydrogen) atoms. The molecule has 1 aromatic rings. The van der Waals surface area contributed by atoms with Crippen LogP contribution in [0.3, 0.4) is 0 Å². The fourth-order valence-electron chi connectivity index (χ4n) is 1.99. The largest absolute Gasteiger partial charge is 0.384 e. The third-order valence-corrected chi connectivity index (χ3v) is 3.04. The van der Waals surface area contributed by atoms with Crippen molar-refractivity contribution in [3.8, 4) is 0 Å². The van der Waals surface area contributed by atoms with E-state index >= 15 is 0 Å². The Kier molecular flexibility index (Phi) is 4.37. The molecule has 2 nitrogen and oxygen atoms in total. The second kappa shape index (κ2) is 6.02. The van der Waals surface area contributed by atoms with Crippen LogP contribution in [0, 0.1) is 5.92 Å². The van der Waals surface area contributed by atoms with Crippen LogP contribution in [-0.4, -0.2) is 26.3 Å². The van der Waals surface area contributed by atoms with E-state index in [4.69, 9.17) is 4.74 Å². The number of ether oxygens (including phenoxy) is 1. The first-order valence-corrected chi connectivity index (χ1v) is 6.14. The van der Waals surface area contributed by atoms with E-state index < -0.39 is 0 Å². The summed E-state index contributed by atoms with van der Waals surface area (Å²) in [5, 5.41) is 3.58. The van der Waals surface area contributed by atoms with Crippen molar-refractivity contribution in [2.24, 2.45) is 5.92 Å². The van der Waals surface area contributed by atoms with Crippen LogP contribution in [0.25, 0.3) is 0 Å². The third kappa shape index (κ3) is 3.95. The number of benzene rings is 1. The van der Waals surface area contributed by atoms with Crippen LogP contribution in [0.4, 0.5) is 0 Å². The second-order valence-electron chi connectivity index (χ2n) is 4.69. The molecule has 88 valence electrons. The highest BCUT2D eigenvalue weighted by Gasteiger charge is 2.21. The molecule has 0 bridgehead atoms. The van der Waals surface area contributed by atoms with E-state index in [9.17, 15) is 0 Å². The summed E-state index contributed by atoms with van der Waals surface area (Å²) in [6.07, 6.45) is 3.81. The Bertz CT molecular complexity index is 295. The maximum absolute atomic E-state index is 5.29. The van der Waals surface area contributed by atoms with Gasteiger partial charge in [0.2, 0.25) is 0 Å². The Balaban J connectivity index is 1.80. The van der Waals surface area contributed by atoms with Gasteiger partial charge in [-0.15, -0.1) is 0 Å². The van der Waals surface area contributed by atoms with Crippen LogP contribution >= 0.6 is 0 Å². The van der Waals surface area contributed by atoms with E-state index in [1.165, 1.54) is 18.4 Å². The van der Waals surface area contributed by atoms with Crippen molar-refractivity contribution in [2.45, 2.75) is 25.3 Å². The van der Waals surface area contributed by atoms with Gasteiger partial charge in [0, 0.05) is 19.7 Å².